The summed E-state index contributed by atoms with van der Waals surface area (Å²) in [6, 6.07) is 8.65. The highest BCUT2D eigenvalue weighted by Crippen LogP contribution is 2.14. The highest BCUT2D eigenvalue weighted by Gasteiger charge is 2.08. The molecule has 0 radical (unpaired) electrons. The fourth-order valence-electron chi connectivity index (χ4n) is 2.09. The molecule has 0 aliphatic heterocycles. The number of nitrogens with two attached hydrogens (primary N) is 1. The van der Waals surface area contributed by atoms with Crippen LogP contribution in [0.3, 0.4) is 0 Å². The topological polar surface area (TPSA) is 39.2 Å². The summed E-state index contributed by atoms with van der Waals surface area (Å²) in [5.41, 5.74) is 11.3. The Balaban J connectivity index is 2.02. The van der Waals surface area contributed by atoms with Gasteiger partial charge in [0.2, 0.25) is 0 Å². The molecule has 2 aromatic rings. The van der Waals surface area contributed by atoms with Crippen LogP contribution >= 0.6 is 0 Å². The van der Waals surface area contributed by atoms with Crippen LogP contribution in [0.5, 0.6) is 0 Å². The molecule has 0 bridgehead atoms. The van der Waals surface area contributed by atoms with E-state index in [4.69, 9.17) is 10.2 Å². The number of rotatable bonds is 4. The van der Waals surface area contributed by atoms with E-state index in [0.717, 1.165) is 12.8 Å². The molecular formula is C15H19NO. The Morgan fingerprint density at radius 2 is 2.00 bits per heavy atom. The Morgan fingerprint density at radius 3 is 2.71 bits per heavy atom. The molecule has 2 nitrogen and oxygen atoms in total. The van der Waals surface area contributed by atoms with Gasteiger partial charge in [-0.25, -0.2) is 0 Å². The molecule has 17 heavy (non-hydrogen) atoms. The molecule has 0 aliphatic rings. The van der Waals surface area contributed by atoms with Crippen LogP contribution in [0.1, 0.15) is 22.3 Å². The molecule has 0 saturated carbocycles. The minimum absolute atomic E-state index is 0.146. The highest BCUT2D eigenvalue weighted by molar-refractivity contribution is 5.31. The van der Waals surface area contributed by atoms with E-state index < -0.39 is 0 Å². The van der Waals surface area contributed by atoms with Crippen LogP contribution in [0.15, 0.2) is 41.2 Å². The molecular weight excluding hydrogens is 210 g/mol. The lowest BCUT2D eigenvalue weighted by Crippen LogP contribution is -2.25. The van der Waals surface area contributed by atoms with Crippen molar-refractivity contribution in [3.63, 3.8) is 0 Å². The van der Waals surface area contributed by atoms with E-state index in [1.54, 1.807) is 12.5 Å². The monoisotopic (exact) mass is 229 g/mol. The standard InChI is InChI=1S/C15H19NO/c1-11-3-4-12(2)14(7-11)9-15(16)8-13-5-6-17-10-13/h3-7,10,15H,8-9,16H2,1-2H3. The molecule has 0 fully saturated rings. The summed E-state index contributed by atoms with van der Waals surface area (Å²) in [6.07, 6.45) is 5.24. The third-order valence-electron chi connectivity index (χ3n) is 3.06. The molecule has 2 N–H and O–H groups in total. The van der Waals surface area contributed by atoms with Gasteiger partial charge in [-0.3, -0.25) is 0 Å². The van der Waals surface area contributed by atoms with Gasteiger partial charge in [0.05, 0.1) is 12.5 Å². The van der Waals surface area contributed by atoms with Crippen molar-refractivity contribution < 1.29 is 4.42 Å². The minimum atomic E-state index is 0.146. The first kappa shape index (κ1) is 11.9. The summed E-state index contributed by atoms with van der Waals surface area (Å²) >= 11 is 0. The summed E-state index contributed by atoms with van der Waals surface area (Å²) in [6.45, 7) is 4.25. The van der Waals surface area contributed by atoms with Crippen molar-refractivity contribution in [3.8, 4) is 0 Å². The van der Waals surface area contributed by atoms with Crippen molar-refractivity contribution in [2.75, 3.05) is 0 Å². The van der Waals surface area contributed by atoms with Gasteiger partial charge in [0.25, 0.3) is 0 Å². The van der Waals surface area contributed by atoms with E-state index in [9.17, 15) is 0 Å². The number of benzene rings is 1. The first-order valence-electron chi connectivity index (χ1n) is 5.98. The Labute approximate surface area is 102 Å². The molecule has 2 rings (SSSR count). The van der Waals surface area contributed by atoms with Gasteiger partial charge < -0.3 is 10.2 Å². The van der Waals surface area contributed by atoms with Gasteiger partial charge in [-0.05, 0) is 49.4 Å². The number of hydrogen-bond acceptors (Lipinski definition) is 2. The van der Waals surface area contributed by atoms with Gasteiger partial charge in [-0.15, -0.1) is 0 Å². The zero-order valence-corrected chi connectivity index (χ0v) is 10.4. The van der Waals surface area contributed by atoms with Crippen LogP contribution < -0.4 is 5.73 Å². The maximum Gasteiger partial charge on any atom is 0.0935 e. The second-order valence-electron chi connectivity index (χ2n) is 4.73. The van der Waals surface area contributed by atoms with Crippen molar-refractivity contribution in [1.29, 1.82) is 0 Å². The van der Waals surface area contributed by atoms with E-state index in [1.807, 2.05) is 6.07 Å². The van der Waals surface area contributed by atoms with E-state index in [-0.39, 0.29) is 6.04 Å². The van der Waals surface area contributed by atoms with Crippen LogP contribution in [0.2, 0.25) is 0 Å². The summed E-state index contributed by atoms with van der Waals surface area (Å²) in [5.74, 6) is 0. The highest BCUT2D eigenvalue weighted by atomic mass is 16.3. The number of aryl methyl sites for hydroxylation is 2. The largest absolute Gasteiger partial charge is 0.472 e. The smallest absolute Gasteiger partial charge is 0.0935 e. The van der Waals surface area contributed by atoms with Gasteiger partial charge in [0.1, 0.15) is 0 Å². The third kappa shape index (κ3) is 3.21. The quantitative estimate of drug-likeness (QED) is 0.875. The van der Waals surface area contributed by atoms with Crippen molar-refractivity contribution in [3.05, 3.63) is 59.0 Å². The molecule has 1 heterocycles. The van der Waals surface area contributed by atoms with Crippen molar-refractivity contribution >= 4 is 0 Å². The Kier molecular flexibility index (Phi) is 3.64. The maximum atomic E-state index is 6.17. The van der Waals surface area contributed by atoms with Gasteiger partial charge >= 0.3 is 0 Å². The Morgan fingerprint density at radius 1 is 1.18 bits per heavy atom. The maximum absolute atomic E-state index is 6.17. The Bertz CT molecular complexity index is 474. The first-order valence-corrected chi connectivity index (χ1v) is 5.98. The van der Waals surface area contributed by atoms with E-state index in [2.05, 4.69) is 32.0 Å². The molecule has 0 spiro atoms. The van der Waals surface area contributed by atoms with Crippen LogP contribution in [0.4, 0.5) is 0 Å². The minimum Gasteiger partial charge on any atom is -0.472 e. The zero-order chi connectivity index (χ0) is 12.3. The van der Waals surface area contributed by atoms with Gasteiger partial charge in [0, 0.05) is 6.04 Å². The molecule has 90 valence electrons. The van der Waals surface area contributed by atoms with Gasteiger partial charge in [0.15, 0.2) is 0 Å². The van der Waals surface area contributed by atoms with Crippen molar-refractivity contribution in [2.24, 2.45) is 5.73 Å². The van der Waals surface area contributed by atoms with Crippen molar-refractivity contribution in [2.45, 2.75) is 32.7 Å². The van der Waals surface area contributed by atoms with Crippen molar-refractivity contribution in [1.82, 2.24) is 0 Å². The third-order valence-corrected chi connectivity index (χ3v) is 3.06. The second kappa shape index (κ2) is 5.19. The second-order valence-corrected chi connectivity index (χ2v) is 4.73. The summed E-state index contributed by atoms with van der Waals surface area (Å²) < 4.78 is 5.05. The van der Waals surface area contributed by atoms with Gasteiger partial charge in [-0.2, -0.15) is 0 Å². The average molecular weight is 229 g/mol. The zero-order valence-electron chi connectivity index (χ0n) is 10.4. The molecule has 1 aromatic heterocycles. The van der Waals surface area contributed by atoms with Gasteiger partial charge in [-0.1, -0.05) is 23.8 Å². The van der Waals surface area contributed by atoms with E-state index >= 15 is 0 Å². The molecule has 2 heteroatoms. The molecule has 1 atom stereocenters. The normalized spacial score (nSPS) is 12.6. The van der Waals surface area contributed by atoms with Crippen LogP contribution in [0, 0.1) is 13.8 Å². The first-order chi connectivity index (χ1) is 8.15. The van der Waals surface area contributed by atoms with E-state index in [0.29, 0.717) is 0 Å². The average Bonchev–Trinajstić information content (AvgIpc) is 2.76. The molecule has 0 aliphatic carbocycles. The lowest BCUT2D eigenvalue weighted by molar-refractivity contribution is 0.559. The fraction of sp³-hybridized carbons (Fsp3) is 0.333. The SMILES string of the molecule is Cc1ccc(C)c(CC(N)Cc2ccoc2)c1. The summed E-state index contributed by atoms with van der Waals surface area (Å²) in [4.78, 5) is 0. The molecule has 1 unspecified atom stereocenters. The lowest BCUT2D eigenvalue weighted by atomic mass is 9.96. The van der Waals surface area contributed by atoms with E-state index in [1.165, 1.54) is 22.3 Å². The van der Waals surface area contributed by atoms with Crippen LogP contribution in [-0.4, -0.2) is 6.04 Å². The molecule has 0 saturated heterocycles. The summed E-state index contributed by atoms with van der Waals surface area (Å²) in [5, 5.41) is 0. The molecule has 1 aromatic carbocycles. The number of hydrogen-bond donors (Lipinski definition) is 1. The van der Waals surface area contributed by atoms with Crippen LogP contribution in [-0.2, 0) is 12.8 Å². The van der Waals surface area contributed by atoms with Crippen LogP contribution in [0.25, 0.3) is 0 Å². The summed E-state index contributed by atoms with van der Waals surface area (Å²) in [7, 11) is 0. The number of furan rings is 1. The predicted octanol–water partition coefficient (Wildman–Crippen LogP) is 3.01. The Hall–Kier alpha value is -1.54. The molecule has 0 amide bonds. The lowest BCUT2D eigenvalue weighted by Gasteiger charge is -2.13. The predicted molar refractivity (Wildman–Crippen MR) is 70.0 cm³/mol. The fourth-order valence-corrected chi connectivity index (χ4v) is 2.09.